The van der Waals surface area contributed by atoms with Crippen molar-refractivity contribution in [1.29, 1.82) is 0 Å². The molecule has 1 N–H and O–H groups in total. The number of nitrogens with one attached hydrogen (secondary N) is 1. The normalized spacial score (nSPS) is 15.4. The number of hydrogen-bond acceptors (Lipinski definition) is 5. The molecule has 30 heavy (non-hydrogen) atoms. The van der Waals surface area contributed by atoms with Gasteiger partial charge in [0.15, 0.2) is 0 Å². The molecule has 0 bridgehead atoms. The Morgan fingerprint density at radius 2 is 1.67 bits per heavy atom. The SMILES string of the molecule is Cc1cccc(N2CCN(CC(=O)Nc3ccc(S(=O)(=O)C(F)F)cc3)CC2)c1C. The molecule has 1 saturated heterocycles. The maximum Gasteiger partial charge on any atom is 0.341 e. The van der Waals surface area contributed by atoms with Gasteiger partial charge in [0.1, 0.15) is 0 Å². The van der Waals surface area contributed by atoms with E-state index in [-0.39, 0.29) is 12.5 Å². The highest BCUT2D eigenvalue weighted by Crippen LogP contribution is 2.24. The van der Waals surface area contributed by atoms with Crippen LogP contribution in [0.3, 0.4) is 0 Å². The molecule has 6 nitrogen and oxygen atoms in total. The minimum atomic E-state index is -4.64. The number of carbonyl (C=O) groups is 1. The average Bonchev–Trinajstić information content (AvgIpc) is 2.71. The summed E-state index contributed by atoms with van der Waals surface area (Å²) in [6.07, 6.45) is 0. The molecule has 1 heterocycles. The second-order valence-corrected chi connectivity index (χ2v) is 9.28. The van der Waals surface area contributed by atoms with E-state index in [4.69, 9.17) is 0 Å². The molecular formula is C21H25F2N3O3S. The molecule has 3 rings (SSSR count). The quantitative estimate of drug-likeness (QED) is 0.752. The zero-order valence-electron chi connectivity index (χ0n) is 16.9. The summed E-state index contributed by atoms with van der Waals surface area (Å²) in [4.78, 5) is 16.2. The van der Waals surface area contributed by atoms with Gasteiger partial charge in [0, 0.05) is 37.6 Å². The topological polar surface area (TPSA) is 69.7 Å². The largest absolute Gasteiger partial charge is 0.369 e. The second-order valence-electron chi connectivity index (χ2n) is 7.36. The highest BCUT2D eigenvalue weighted by Gasteiger charge is 2.26. The van der Waals surface area contributed by atoms with Gasteiger partial charge in [0.2, 0.25) is 15.7 Å². The Morgan fingerprint density at radius 1 is 1.03 bits per heavy atom. The Balaban J connectivity index is 1.52. The summed E-state index contributed by atoms with van der Waals surface area (Å²) in [5, 5.41) is 2.68. The first-order valence-electron chi connectivity index (χ1n) is 9.64. The smallest absolute Gasteiger partial charge is 0.341 e. The zero-order valence-corrected chi connectivity index (χ0v) is 17.8. The Morgan fingerprint density at radius 3 is 2.27 bits per heavy atom. The van der Waals surface area contributed by atoms with Crippen molar-refractivity contribution in [2.45, 2.75) is 24.5 Å². The molecule has 0 aliphatic carbocycles. The molecule has 0 aromatic heterocycles. The van der Waals surface area contributed by atoms with E-state index in [0.29, 0.717) is 5.69 Å². The highest BCUT2D eigenvalue weighted by atomic mass is 32.2. The monoisotopic (exact) mass is 437 g/mol. The van der Waals surface area contributed by atoms with E-state index in [2.05, 4.69) is 42.3 Å². The summed E-state index contributed by atoms with van der Waals surface area (Å²) >= 11 is 0. The average molecular weight is 438 g/mol. The van der Waals surface area contributed by atoms with Crippen LogP contribution in [0.4, 0.5) is 20.2 Å². The van der Waals surface area contributed by atoms with Gasteiger partial charge in [-0.25, -0.2) is 8.42 Å². The molecule has 0 spiro atoms. The number of nitrogens with zero attached hydrogens (tertiary/aromatic N) is 2. The number of rotatable bonds is 6. The van der Waals surface area contributed by atoms with E-state index < -0.39 is 20.5 Å². The fourth-order valence-corrected chi connectivity index (χ4v) is 4.18. The van der Waals surface area contributed by atoms with Crippen molar-refractivity contribution < 1.29 is 22.0 Å². The number of amides is 1. The van der Waals surface area contributed by atoms with E-state index in [1.807, 2.05) is 4.90 Å². The van der Waals surface area contributed by atoms with E-state index in [0.717, 1.165) is 38.3 Å². The number of piperazine rings is 1. The van der Waals surface area contributed by atoms with Crippen LogP contribution in [-0.2, 0) is 14.6 Å². The van der Waals surface area contributed by atoms with Gasteiger partial charge < -0.3 is 10.2 Å². The van der Waals surface area contributed by atoms with Gasteiger partial charge in [-0.3, -0.25) is 9.69 Å². The van der Waals surface area contributed by atoms with Crippen molar-refractivity contribution in [2.75, 3.05) is 42.9 Å². The number of alkyl halides is 2. The predicted molar refractivity (Wildman–Crippen MR) is 113 cm³/mol. The molecule has 0 atom stereocenters. The number of halogens is 2. The number of anilines is 2. The molecule has 2 aromatic carbocycles. The van der Waals surface area contributed by atoms with Crippen LogP contribution in [0.2, 0.25) is 0 Å². The molecule has 0 unspecified atom stereocenters. The maximum absolute atomic E-state index is 12.6. The predicted octanol–water partition coefficient (Wildman–Crippen LogP) is 3.06. The Kier molecular flexibility index (Phi) is 6.72. The number of benzene rings is 2. The summed E-state index contributed by atoms with van der Waals surface area (Å²) in [5.74, 6) is -3.71. The minimum Gasteiger partial charge on any atom is -0.369 e. The molecule has 1 amide bonds. The fourth-order valence-electron chi connectivity index (χ4n) is 3.46. The molecular weight excluding hydrogens is 412 g/mol. The van der Waals surface area contributed by atoms with Gasteiger partial charge in [-0.1, -0.05) is 12.1 Å². The van der Waals surface area contributed by atoms with Crippen molar-refractivity contribution in [3.63, 3.8) is 0 Å². The van der Waals surface area contributed by atoms with Crippen molar-refractivity contribution in [3.05, 3.63) is 53.6 Å². The Labute approximate surface area is 175 Å². The number of sulfone groups is 1. The van der Waals surface area contributed by atoms with Gasteiger partial charge in [-0.05, 0) is 55.3 Å². The van der Waals surface area contributed by atoms with Crippen LogP contribution in [0.5, 0.6) is 0 Å². The first-order chi connectivity index (χ1) is 14.2. The van der Waals surface area contributed by atoms with Crippen molar-refractivity contribution in [2.24, 2.45) is 0 Å². The van der Waals surface area contributed by atoms with Crippen LogP contribution < -0.4 is 10.2 Å². The summed E-state index contributed by atoms with van der Waals surface area (Å²) in [6, 6.07) is 11.0. The number of hydrogen-bond donors (Lipinski definition) is 1. The standard InChI is InChI=1S/C21H25F2N3O3S/c1-15-4-3-5-19(16(15)2)26-12-10-25(11-13-26)14-20(27)24-17-6-8-18(9-7-17)30(28,29)21(22)23/h3-9,21H,10-14H2,1-2H3,(H,24,27). The van der Waals surface area contributed by atoms with Gasteiger partial charge >= 0.3 is 5.76 Å². The van der Waals surface area contributed by atoms with E-state index in [9.17, 15) is 22.0 Å². The zero-order chi connectivity index (χ0) is 21.9. The summed E-state index contributed by atoms with van der Waals surface area (Å²) < 4.78 is 48.1. The molecule has 1 fully saturated rings. The summed E-state index contributed by atoms with van der Waals surface area (Å²) in [6.45, 7) is 7.53. The Hall–Kier alpha value is -2.52. The molecule has 1 aliphatic rings. The van der Waals surface area contributed by atoms with E-state index in [1.54, 1.807) is 0 Å². The summed E-state index contributed by atoms with van der Waals surface area (Å²) in [5.41, 5.74) is 4.10. The minimum absolute atomic E-state index is 0.206. The van der Waals surface area contributed by atoms with Gasteiger partial charge in [-0.2, -0.15) is 8.78 Å². The molecule has 1 aliphatic heterocycles. The lowest BCUT2D eigenvalue weighted by atomic mass is 10.1. The summed E-state index contributed by atoms with van der Waals surface area (Å²) in [7, 11) is -4.64. The Bertz CT molecular complexity index is 1000. The van der Waals surface area contributed by atoms with Crippen LogP contribution in [-0.4, -0.2) is 57.7 Å². The van der Waals surface area contributed by atoms with Crippen LogP contribution >= 0.6 is 0 Å². The number of carbonyl (C=O) groups excluding carboxylic acids is 1. The van der Waals surface area contributed by atoms with Gasteiger partial charge in [-0.15, -0.1) is 0 Å². The maximum atomic E-state index is 12.6. The molecule has 2 aromatic rings. The third-order valence-electron chi connectivity index (χ3n) is 5.36. The number of aryl methyl sites for hydroxylation is 1. The van der Waals surface area contributed by atoms with Crippen molar-refractivity contribution in [1.82, 2.24) is 4.90 Å². The van der Waals surface area contributed by atoms with Crippen LogP contribution in [0.1, 0.15) is 11.1 Å². The third kappa shape index (κ3) is 4.96. The lowest BCUT2D eigenvalue weighted by Crippen LogP contribution is -2.48. The van der Waals surface area contributed by atoms with E-state index in [1.165, 1.54) is 28.9 Å². The van der Waals surface area contributed by atoms with Crippen molar-refractivity contribution in [3.8, 4) is 0 Å². The lowest BCUT2D eigenvalue weighted by molar-refractivity contribution is -0.117. The molecule has 0 saturated carbocycles. The molecule has 162 valence electrons. The molecule has 9 heteroatoms. The highest BCUT2D eigenvalue weighted by molar-refractivity contribution is 7.91. The van der Waals surface area contributed by atoms with E-state index >= 15 is 0 Å². The van der Waals surface area contributed by atoms with Crippen molar-refractivity contribution >= 4 is 27.1 Å². The first-order valence-corrected chi connectivity index (χ1v) is 11.2. The second kappa shape index (κ2) is 9.09. The van der Waals surface area contributed by atoms with Gasteiger partial charge in [0.25, 0.3) is 0 Å². The fraction of sp³-hybridized carbons (Fsp3) is 0.381. The third-order valence-corrected chi connectivity index (χ3v) is 6.76. The van der Waals surface area contributed by atoms with Crippen LogP contribution in [0.25, 0.3) is 0 Å². The van der Waals surface area contributed by atoms with Crippen LogP contribution in [0.15, 0.2) is 47.4 Å². The molecule has 0 radical (unpaired) electrons. The van der Waals surface area contributed by atoms with Gasteiger partial charge in [0.05, 0.1) is 11.4 Å². The lowest BCUT2D eigenvalue weighted by Gasteiger charge is -2.36. The first kappa shape index (κ1) is 22.2. The van der Waals surface area contributed by atoms with Crippen LogP contribution in [0, 0.1) is 13.8 Å².